The van der Waals surface area contributed by atoms with Gasteiger partial charge >= 0.3 is 0 Å². The van der Waals surface area contributed by atoms with Crippen LogP contribution < -0.4 is 29.1 Å². The number of halogens is 1. The molecule has 5 rings (SSSR count). The SMILES string of the molecule is COc1ccc(S(=O)(=O)Nc2ccccc2C(=O)NCCN2CCN(c3nc4c(OC)c(OC)ccc4s3)CC2)cc1.Cl. The van der Waals surface area contributed by atoms with Crippen molar-refractivity contribution < 1.29 is 27.4 Å². The Morgan fingerprint density at radius 1 is 0.930 bits per heavy atom. The normalized spacial score (nSPS) is 13.7. The van der Waals surface area contributed by atoms with Gasteiger partial charge in [-0.2, -0.15) is 0 Å². The molecule has 1 aromatic heterocycles. The number of amides is 1. The molecule has 1 saturated heterocycles. The number of sulfonamides is 1. The maximum Gasteiger partial charge on any atom is 0.261 e. The van der Waals surface area contributed by atoms with Crippen molar-refractivity contribution in [2.24, 2.45) is 0 Å². The Morgan fingerprint density at radius 2 is 1.65 bits per heavy atom. The van der Waals surface area contributed by atoms with Crippen LogP contribution in [0, 0.1) is 0 Å². The third kappa shape index (κ3) is 7.24. The standard InChI is InChI=1S/C29H33N5O6S2.ClH/c1-38-20-8-10-21(11-9-20)42(36,37)32-23-7-5-4-6-22(23)28(35)30-14-15-33-16-18-34(19-17-33)29-31-26-25(41-29)13-12-24(39-2)27(26)40-3;/h4-13,32H,14-19H2,1-3H3,(H,30,35);1H. The lowest BCUT2D eigenvalue weighted by atomic mass is 10.1. The molecule has 230 valence electrons. The third-order valence-corrected chi connectivity index (χ3v) is 9.50. The van der Waals surface area contributed by atoms with Gasteiger partial charge in [0.1, 0.15) is 11.3 Å². The maximum atomic E-state index is 13.0. The summed E-state index contributed by atoms with van der Waals surface area (Å²) < 4.78 is 45.5. The number of carbonyl (C=O) groups is 1. The molecule has 2 heterocycles. The highest BCUT2D eigenvalue weighted by atomic mass is 35.5. The van der Waals surface area contributed by atoms with E-state index in [1.54, 1.807) is 62.0 Å². The molecule has 1 aliphatic rings. The van der Waals surface area contributed by atoms with Gasteiger partial charge in [-0.25, -0.2) is 13.4 Å². The molecule has 0 aliphatic carbocycles. The molecule has 11 nitrogen and oxygen atoms in total. The predicted molar refractivity (Wildman–Crippen MR) is 171 cm³/mol. The highest BCUT2D eigenvalue weighted by Gasteiger charge is 2.23. The first kappa shape index (κ1) is 32.1. The van der Waals surface area contributed by atoms with Gasteiger partial charge in [0, 0.05) is 39.3 Å². The van der Waals surface area contributed by atoms with Gasteiger partial charge in [-0.1, -0.05) is 23.5 Å². The molecule has 1 fully saturated rings. The summed E-state index contributed by atoms with van der Waals surface area (Å²) >= 11 is 1.63. The molecule has 4 aromatic rings. The quantitative estimate of drug-likeness (QED) is 0.248. The van der Waals surface area contributed by atoms with E-state index in [2.05, 4.69) is 19.8 Å². The summed E-state index contributed by atoms with van der Waals surface area (Å²) in [5.74, 6) is 1.50. The Hall–Kier alpha value is -3.78. The zero-order valence-electron chi connectivity index (χ0n) is 24.0. The largest absolute Gasteiger partial charge is 0.497 e. The van der Waals surface area contributed by atoms with Crippen LogP contribution in [0.5, 0.6) is 17.2 Å². The summed E-state index contributed by atoms with van der Waals surface area (Å²) in [6, 6.07) is 16.5. The lowest BCUT2D eigenvalue weighted by Gasteiger charge is -2.34. The fourth-order valence-electron chi connectivity index (χ4n) is 4.75. The second-order valence-corrected chi connectivity index (χ2v) is 12.2. The molecule has 1 amide bonds. The summed E-state index contributed by atoms with van der Waals surface area (Å²) in [5.41, 5.74) is 1.26. The van der Waals surface area contributed by atoms with E-state index in [1.165, 1.54) is 19.2 Å². The van der Waals surface area contributed by atoms with E-state index in [9.17, 15) is 13.2 Å². The number of thiazole rings is 1. The Labute approximate surface area is 261 Å². The summed E-state index contributed by atoms with van der Waals surface area (Å²) in [7, 11) is 0.850. The summed E-state index contributed by atoms with van der Waals surface area (Å²) in [6.45, 7) is 4.36. The number of hydrogen-bond acceptors (Lipinski definition) is 10. The van der Waals surface area contributed by atoms with Crippen LogP contribution >= 0.6 is 23.7 Å². The minimum Gasteiger partial charge on any atom is -0.497 e. The highest BCUT2D eigenvalue weighted by Crippen LogP contribution is 2.40. The van der Waals surface area contributed by atoms with Crippen molar-refractivity contribution in [2.75, 3.05) is 70.2 Å². The average Bonchev–Trinajstić information content (AvgIpc) is 3.45. The van der Waals surface area contributed by atoms with Crippen LogP contribution in [-0.2, 0) is 10.0 Å². The van der Waals surface area contributed by atoms with Crippen LogP contribution in [0.15, 0.2) is 65.6 Å². The van der Waals surface area contributed by atoms with E-state index >= 15 is 0 Å². The molecular formula is C29H34ClN5O6S2. The first-order valence-corrected chi connectivity index (χ1v) is 15.7. The molecule has 3 aromatic carbocycles. The maximum absolute atomic E-state index is 13.0. The summed E-state index contributed by atoms with van der Waals surface area (Å²) in [5, 5.41) is 3.87. The van der Waals surface area contributed by atoms with Gasteiger partial charge < -0.3 is 24.4 Å². The number of rotatable bonds is 11. The van der Waals surface area contributed by atoms with E-state index in [4.69, 9.17) is 19.2 Å². The van der Waals surface area contributed by atoms with Crippen molar-refractivity contribution in [1.29, 1.82) is 0 Å². The number of nitrogens with zero attached hydrogens (tertiary/aromatic N) is 3. The van der Waals surface area contributed by atoms with E-state index < -0.39 is 10.0 Å². The molecule has 0 radical (unpaired) electrons. The predicted octanol–water partition coefficient (Wildman–Crippen LogP) is 4.10. The molecule has 0 unspecified atom stereocenters. The Morgan fingerprint density at radius 3 is 2.33 bits per heavy atom. The number of ether oxygens (including phenoxy) is 3. The third-order valence-electron chi connectivity index (χ3n) is 7.03. The van der Waals surface area contributed by atoms with E-state index in [0.717, 1.165) is 41.5 Å². The second-order valence-electron chi connectivity index (χ2n) is 9.56. The van der Waals surface area contributed by atoms with E-state index in [1.807, 2.05) is 12.1 Å². The fourth-order valence-corrected chi connectivity index (χ4v) is 6.84. The molecule has 0 spiro atoms. The number of carbonyl (C=O) groups excluding carboxylic acids is 1. The van der Waals surface area contributed by atoms with Gasteiger partial charge in [0.05, 0.1) is 42.2 Å². The van der Waals surface area contributed by atoms with Gasteiger partial charge in [-0.05, 0) is 48.5 Å². The van der Waals surface area contributed by atoms with Crippen molar-refractivity contribution in [3.8, 4) is 17.2 Å². The first-order valence-electron chi connectivity index (χ1n) is 13.4. The molecule has 14 heteroatoms. The van der Waals surface area contributed by atoms with E-state index in [-0.39, 0.29) is 34.5 Å². The number of nitrogens with one attached hydrogen (secondary N) is 2. The molecule has 0 saturated carbocycles. The zero-order chi connectivity index (χ0) is 29.7. The number of benzene rings is 3. The minimum atomic E-state index is -3.89. The zero-order valence-corrected chi connectivity index (χ0v) is 26.5. The molecule has 43 heavy (non-hydrogen) atoms. The fraction of sp³-hybridized carbons (Fsp3) is 0.310. The molecule has 0 bridgehead atoms. The molecular weight excluding hydrogens is 614 g/mol. The Kier molecular flexibility index (Phi) is 10.6. The van der Waals surface area contributed by atoms with Gasteiger partial charge in [0.25, 0.3) is 15.9 Å². The first-order chi connectivity index (χ1) is 20.3. The van der Waals surface area contributed by atoms with Crippen molar-refractivity contribution in [3.63, 3.8) is 0 Å². The van der Waals surface area contributed by atoms with Crippen molar-refractivity contribution in [2.45, 2.75) is 4.90 Å². The molecule has 2 N–H and O–H groups in total. The number of fused-ring (bicyclic) bond motifs is 1. The van der Waals surface area contributed by atoms with E-state index in [0.29, 0.717) is 30.3 Å². The van der Waals surface area contributed by atoms with Crippen LogP contribution in [0.2, 0.25) is 0 Å². The Balaban J connectivity index is 0.00000423. The van der Waals surface area contributed by atoms with Gasteiger partial charge in [-0.15, -0.1) is 12.4 Å². The number of methoxy groups -OCH3 is 3. The number of aromatic nitrogens is 1. The lowest BCUT2D eigenvalue weighted by molar-refractivity contribution is 0.0948. The van der Waals surface area contributed by atoms with Crippen molar-refractivity contribution in [3.05, 3.63) is 66.2 Å². The van der Waals surface area contributed by atoms with Crippen LogP contribution in [0.25, 0.3) is 10.2 Å². The summed E-state index contributed by atoms with van der Waals surface area (Å²) in [4.78, 5) is 22.5. The van der Waals surface area contributed by atoms with Crippen LogP contribution in [0.1, 0.15) is 10.4 Å². The average molecular weight is 648 g/mol. The smallest absolute Gasteiger partial charge is 0.261 e. The minimum absolute atomic E-state index is 0. The number of anilines is 2. The Bertz CT molecular complexity index is 1660. The van der Waals surface area contributed by atoms with Gasteiger partial charge in [-0.3, -0.25) is 14.4 Å². The lowest BCUT2D eigenvalue weighted by Crippen LogP contribution is -2.48. The number of para-hydroxylation sites is 1. The second kappa shape index (κ2) is 14.1. The van der Waals surface area contributed by atoms with Crippen LogP contribution in [-0.4, -0.2) is 84.8 Å². The van der Waals surface area contributed by atoms with Crippen LogP contribution in [0.4, 0.5) is 10.8 Å². The van der Waals surface area contributed by atoms with Crippen molar-refractivity contribution >= 4 is 60.7 Å². The van der Waals surface area contributed by atoms with Crippen molar-refractivity contribution in [1.82, 2.24) is 15.2 Å². The number of hydrogen-bond donors (Lipinski definition) is 2. The van der Waals surface area contributed by atoms with Crippen LogP contribution in [0.3, 0.4) is 0 Å². The molecule has 1 aliphatic heterocycles. The monoisotopic (exact) mass is 647 g/mol. The summed E-state index contributed by atoms with van der Waals surface area (Å²) in [6.07, 6.45) is 0. The topological polar surface area (TPSA) is 122 Å². The van der Waals surface area contributed by atoms with Gasteiger partial charge in [0.15, 0.2) is 16.6 Å². The number of piperazine rings is 1. The van der Waals surface area contributed by atoms with Gasteiger partial charge in [0.2, 0.25) is 0 Å². The molecule has 0 atom stereocenters. The highest BCUT2D eigenvalue weighted by molar-refractivity contribution is 7.92.